The number of fused-ring (bicyclic) bond motifs is 2. The Hall–Kier alpha value is -3.00. The predicted molar refractivity (Wildman–Crippen MR) is 126 cm³/mol. The van der Waals surface area contributed by atoms with Crippen LogP contribution in [0.25, 0.3) is 15.9 Å². The minimum Gasteiger partial charge on any atom is -0.356 e. The summed E-state index contributed by atoms with van der Waals surface area (Å²) in [7, 11) is 0. The normalized spacial score (nSPS) is 19.3. The second-order valence-corrected chi connectivity index (χ2v) is 9.74. The molecule has 0 N–H and O–H groups in total. The Bertz CT molecular complexity index is 1300. The van der Waals surface area contributed by atoms with E-state index in [-0.39, 0.29) is 11.9 Å². The van der Waals surface area contributed by atoms with Crippen LogP contribution >= 0.6 is 11.3 Å². The molecule has 0 radical (unpaired) electrons. The number of benzene rings is 1. The molecule has 0 saturated carbocycles. The van der Waals surface area contributed by atoms with Crippen LogP contribution in [0.15, 0.2) is 36.0 Å². The third-order valence-electron chi connectivity index (χ3n) is 6.71. The Morgan fingerprint density at radius 3 is 2.81 bits per heavy atom. The predicted octanol–water partition coefficient (Wildman–Crippen LogP) is 4.62. The summed E-state index contributed by atoms with van der Waals surface area (Å²) in [6, 6.07) is 7.85. The SMILES string of the molecule is Cc1cn2nc([C@@H]3CCCCN3C(=O)c3ccc4ncsc4c3)cc2nc1N1CCCC1. The summed E-state index contributed by atoms with van der Waals surface area (Å²) in [6.07, 6.45) is 7.58. The number of likely N-dealkylation sites (tertiary alicyclic amines) is 1. The highest BCUT2D eigenvalue weighted by molar-refractivity contribution is 7.16. The molecule has 3 aromatic heterocycles. The highest BCUT2D eigenvalue weighted by atomic mass is 32.1. The van der Waals surface area contributed by atoms with Crippen LogP contribution in [-0.2, 0) is 0 Å². The van der Waals surface area contributed by atoms with Gasteiger partial charge in [0.1, 0.15) is 5.82 Å². The molecule has 1 amide bonds. The number of amides is 1. The molecule has 164 valence electrons. The molecule has 6 rings (SSSR count). The van der Waals surface area contributed by atoms with Crippen LogP contribution in [-0.4, -0.2) is 50.0 Å². The smallest absolute Gasteiger partial charge is 0.254 e. The van der Waals surface area contributed by atoms with E-state index in [0.29, 0.717) is 0 Å². The van der Waals surface area contributed by atoms with E-state index in [1.54, 1.807) is 11.3 Å². The maximum absolute atomic E-state index is 13.5. The Labute approximate surface area is 190 Å². The summed E-state index contributed by atoms with van der Waals surface area (Å²) in [4.78, 5) is 27.1. The lowest BCUT2D eigenvalue weighted by molar-refractivity contribution is 0.0606. The van der Waals surface area contributed by atoms with E-state index >= 15 is 0 Å². The van der Waals surface area contributed by atoms with E-state index in [2.05, 4.69) is 29.1 Å². The molecule has 1 aromatic carbocycles. The minimum atomic E-state index is -0.0225. The minimum absolute atomic E-state index is 0.0225. The lowest BCUT2D eigenvalue weighted by Crippen LogP contribution is -2.38. The van der Waals surface area contributed by atoms with Gasteiger partial charge in [0.15, 0.2) is 5.65 Å². The zero-order chi connectivity index (χ0) is 21.7. The number of hydrogen-bond acceptors (Lipinski definition) is 6. The van der Waals surface area contributed by atoms with Crippen molar-refractivity contribution >= 4 is 38.9 Å². The molecule has 0 aliphatic carbocycles. The molecule has 0 unspecified atom stereocenters. The molecule has 2 fully saturated rings. The molecular weight excluding hydrogens is 420 g/mol. The number of carbonyl (C=O) groups excluding carboxylic acids is 1. The fourth-order valence-electron chi connectivity index (χ4n) is 5.07. The van der Waals surface area contributed by atoms with Crippen molar-refractivity contribution in [2.45, 2.75) is 45.1 Å². The van der Waals surface area contributed by atoms with Gasteiger partial charge < -0.3 is 9.80 Å². The van der Waals surface area contributed by atoms with E-state index in [1.165, 1.54) is 12.8 Å². The van der Waals surface area contributed by atoms with Gasteiger partial charge >= 0.3 is 0 Å². The first-order valence-electron chi connectivity index (χ1n) is 11.4. The monoisotopic (exact) mass is 446 g/mol. The van der Waals surface area contributed by atoms with E-state index in [4.69, 9.17) is 10.1 Å². The zero-order valence-electron chi connectivity index (χ0n) is 18.2. The molecule has 2 saturated heterocycles. The van der Waals surface area contributed by atoms with Crippen LogP contribution < -0.4 is 4.90 Å². The van der Waals surface area contributed by atoms with Gasteiger partial charge in [0.25, 0.3) is 5.91 Å². The highest BCUT2D eigenvalue weighted by Gasteiger charge is 2.31. The van der Waals surface area contributed by atoms with E-state index in [9.17, 15) is 4.79 Å². The first-order chi connectivity index (χ1) is 15.7. The molecule has 2 aliphatic heterocycles. The molecule has 0 spiro atoms. The largest absolute Gasteiger partial charge is 0.356 e. The van der Waals surface area contributed by atoms with Gasteiger partial charge in [-0.05, 0) is 57.2 Å². The van der Waals surface area contributed by atoms with Crippen molar-refractivity contribution in [3.8, 4) is 0 Å². The van der Waals surface area contributed by atoms with Crippen molar-refractivity contribution in [1.29, 1.82) is 0 Å². The number of anilines is 1. The fourth-order valence-corrected chi connectivity index (χ4v) is 5.78. The Balaban J connectivity index is 1.34. The van der Waals surface area contributed by atoms with Gasteiger partial charge in [-0.1, -0.05) is 0 Å². The van der Waals surface area contributed by atoms with Crippen LogP contribution in [0.3, 0.4) is 0 Å². The van der Waals surface area contributed by atoms with Crippen LogP contribution in [0.5, 0.6) is 0 Å². The summed E-state index contributed by atoms with van der Waals surface area (Å²) in [6.45, 7) is 5.00. The Kier molecular flexibility index (Phi) is 4.82. The number of nitrogens with zero attached hydrogens (tertiary/aromatic N) is 6. The maximum Gasteiger partial charge on any atom is 0.254 e. The summed E-state index contributed by atoms with van der Waals surface area (Å²) in [5, 5.41) is 4.87. The van der Waals surface area contributed by atoms with Gasteiger partial charge in [-0.2, -0.15) is 5.10 Å². The number of rotatable bonds is 3. The lowest BCUT2D eigenvalue weighted by Gasteiger charge is -2.34. The van der Waals surface area contributed by atoms with Crippen LogP contribution in [0.2, 0.25) is 0 Å². The summed E-state index contributed by atoms with van der Waals surface area (Å²) < 4.78 is 2.93. The molecule has 8 heteroatoms. The van der Waals surface area contributed by atoms with Crippen molar-refractivity contribution in [3.63, 3.8) is 0 Å². The number of carbonyl (C=O) groups is 1. The lowest BCUT2D eigenvalue weighted by atomic mass is 9.98. The second-order valence-electron chi connectivity index (χ2n) is 8.86. The van der Waals surface area contributed by atoms with Crippen molar-refractivity contribution in [2.24, 2.45) is 0 Å². The van der Waals surface area contributed by atoms with Crippen LogP contribution in [0.1, 0.15) is 59.8 Å². The van der Waals surface area contributed by atoms with Gasteiger partial charge in [-0.25, -0.2) is 14.5 Å². The third-order valence-corrected chi connectivity index (χ3v) is 7.50. The molecule has 2 aliphatic rings. The maximum atomic E-state index is 13.5. The average Bonchev–Trinajstić information content (AvgIpc) is 3.57. The van der Waals surface area contributed by atoms with E-state index in [1.807, 2.05) is 33.1 Å². The van der Waals surface area contributed by atoms with Crippen LogP contribution in [0.4, 0.5) is 5.82 Å². The second kappa shape index (κ2) is 7.85. The number of aryl methyl sites for hydroxylation is 1. The van der Waals surface area contributed by atoms with E-state index < -0.39 is 0 Å². The van der Waals surface area contributed by atoms with E-state index in [0.717, 1.165) is 77.4 Å². The van der Waals surface area contributed by atoms with Gasteiger partial charge in [-0.15, -0.1) is 11.3 Å². The number of piperidine rings is 1. The molecule has 0 bridgehead atoms. The van der Waals surface area contributed by atoms with Crippen molar-refractivity contribution in [1.82, 2.24) is 24.5 Å². The van der Waals surface area contributed by atoms with Gasteiger partial charge in [0.05, 0.1) is 27.5 Å². The van der Waals surface area contributed by atoms with Gasteiger partial charge in [0.2, 0.25) is 0 Å². The molecule has 4 aromatic rings. The molecule has 7 nitrogen and oxygen atoms in total. The molecule has 32 heavy (non-hydrogen) atoms. The topological polar surface area (TPSA) is 66.6 Å². The number of thiazole rings is 1. The Morgan fingerprint density at radius 1 is 1.09 bits per heavy atom. The fraction of sp³-hybridized carbons (Fsp3) is 0.417. The van der Waals surface area contributed by atoms with Crippen LogP contribution in [0, 0.1) is 6.92 Å². The molecule has 1 atom stereocenters. The highest BCUT2D eigenvalue weighted by Crippen LogP contribution is 2.33. The summed E-state index contributed by atoms with van der Waals surface area (Å²) in [5.74, 6) is 1.14. The standard InChI is InChI=1S/C24H26N6OS/c1-16-14-30-22(26-23(16)28-9-4-5-10-28)13-19(27-30)20-6-2-3-11-29(20)24(31)17-7-8-18-21(12-17)32-15-25-18/h7-8,12-15,20H,2-6,9-11H2,1H3/t20-/m0/s1. The Morgan fingerprint density at radius 2 is 1.94 bits per heavy atom. The summed E-state index contributed by atoms with van der Waals surface area (Å²) >= 11 is 1.57. The van der Waals surface area contributed by atoms with Crippen molar-refractivity contribution < 1.29 is 4.79 Å². The van der Waals surface area contributed by atoms with Crippen molar-refractivity contribution in [2.75, 3.05) is 24.5 Å². The number of hydrogen-bond donors (Lipinski definition) is 0. The average molecular weight is 447 g/mol. The third kappa shape index (κ3) is 3.33. The van der Waals surface area contributed by atoms with Crippen molar-refractivity contribution in [3.05, 3.63) is 52.8 Å². The quantitative estimate of drug-likeness (QED) is 0.460. The van der Waals surface area contributed by atoms with Gasteiger partial charge in [0, 0.05) is 43.0 Å². The van der Waals surface area contributed by atoms with Gasteiger partial charge in [-0.3, -0.25) is 4.79 Å². The zero-order valence-corrected chi connectivity index (χ0v) is 19.0. The molecular formula is C24H26N6OS. The first-order valence-corrected chi connectivity index (χ1v) is 12.3. The molecule has 5 heterocycles. The first kappa shape index (κ1) is 19.7. The number of aromatic nitrogens is 4. The summed E-state index contributed by atoms with van der Waals surface area (Å²) in [5.41, 5.74) is 6.42.